The Bertz CT molecular complexity index is 1340. The van der Waals surface area contributed by atoms with Gasteiger partial charge in [-0.05, 0) is 32.0 Å². The summed E-state index contributed by atoms with van der Waals surface area (Å²) in [4.78, 5) is 21.2. The summed E-state index contributed by atoms with van der Waals surface area (Å²) in [5, 5.41) is 11.3. The fraction of sp³-hybridized carbons (Fsp3) is 0.375. The highest BCUT2D eigenvalue weighted by Gasteiger charge is 2.56. The fourth-order valence-electron chi connectivity index (χ4n) is 4.80. The van der Waals surface area contributed by atoms with Crippen molar-refractivity contribution in [1.29, 1.82) is 0 Å². The predicted molar refractivity (Wildman–Crippen MR) is 124 cm³/mol. The molecule has 0 amide bonds. The van der Waals surface area contributed by atoms with Gasteiger partial charge in [-0.2, -0.15) is 0 Å². The van der Waals surface area contributed by atoms with Crippen LogP contribution in [0.1, 0.15) is 28.3 Å². The number of aryl methyl sites for hydroxylation is 2. The van der Waals surface area contributed by atoms with E-state index < -0.39 is 23.9 Å². The van der Waals surface area contributed by atoms with Gasteiger partial charge in [0.2, 0.25) is 5.88 Å². The molecular formula is C24H23F3N6O3. The molecule has 2 atom stereocenters. The van der Waals surface area contributed by atoms with Crippen LogP contribution in [0.2, 0.25) is 0 Å². The van der Waals surface area contributed by atoms with Gasteiger partial charge in [-0.3, -0.25) is 4.79 Å². The molecule has 2 unspecified atom stereocenters. The summed E-state index contributed by atoms with van der Waals surface area (Å²) in [6.07, 6.45) is -2.73. The summed E-state index contributed by atoms with van der Waals surface area (Å²) < 4.78 is 54.7. The van der Waals surface area contributed by atoms with Crippen LogP contribution in [-0.2, 0) is 0 Å². The van der Waals surface area contributed by atoms with Crippen LogP contribution in [0, 0.1) is 19.7 Å². The molecule has 2 aliphatic rings. The van der Waals surface area contributed by atoms with E-state index in [4.69, 9.17) is 9.47 Å². The number of aldehydes is 1. The van der Waals surface area contributed by atoms with Gasteiger partial charge in [-0.1, -0.05) is 6.07 Å². The molecule has 0 saturated carbocycles. The number of hydrogen-bond donors (Lipinski definition) is 1. The van der Waals surface area contributed by atoms with E-state index in [1.807, 2.05) is 0 Å². The summed E-state index contributed by atoms with van der Waals surface area (Å²) >= 11 is 0. The van der Waals surface area contributed by atoms with E-state index >= 15 is 0 Å². The average Bonchev–Trinajstić information content (AvgIpc) is 3.25. The average molecular weight is 500 g/mol. The Morgan fingerprint density at radius 2 is 2.03 bits per heavy atom. The Labute approximate surface area is 204 Å². The van der Waals surface area contributed by atoms with Gasteiger partial charge in [0.1, 0.15) is 23.0 Å². The summed E-state index contributed by atoms with van der Waals surface area (Å²) in [6, 6.07) is 5.99. The number of alkyl halides is 2. The minimum absolute atomic E-state index is 0.00759. The van der Waals surface area contributed by atoms with Crippen LogP contribution in [0.15, 0.2) is 24.3 Å². The van der Waals surface area contributed by atoms with Crippen molar-refractivity contribution >= 4 is 17.8 Å². The van der Waals surface area contributed by atoms with E-state index in [1.54, 1.807) is 30.9 Å². The van der Waals surface area contributed by atoms with Crippen molar-refractivity contribution in [3.05, 3.63) is 47.2 Å². The van der Waals surface area contributed by atoms with Crippen LogP contribution in [0.3, 0.4) is 0 Å². The monoisotopic (exact) mass is 500 g/mol. The van der Waals surface area contributed by atoms with E-state index in [0.717, 1.165) is 0 Å². The molecule has 36 heavy (non-hydrogen) atoms. The van der Waals surface area contributed by atoms with Gasteiger partial charge < -0.3 is 19.7 Å². The fourth-order valence-corrected chi connectivity index (χ4v) is 4.80. The minimum Gasteiger partial charge on any atom is -0.493 e. The zero-order valence-corrected chi connectivity index (χ0v) is 19.8. The maximum atomic E-state index is 14.6. The number of para-hydroxylation sites is 1. The second kappa shape index (κ2) is 8.92. The third kappa shape index (κ3) is 3.76. The Kier molecular flexibility index (Phi) is 5.89. The van der Waals surface area contributed by atoms with Crippen molar-refractivity contribution in [2.75, 3.05) is 30.4 Å². The highest BCUT2D eigenvalue weighted by atomic mass is 19.3. The number of fused-ring (bicyclic) bond motifs is 3. The van der Waals surface area contributed by atoms with Crippen LogP contribution < -0.4 is 19.7 Å². The van der Waals surface area contributed by atoms with E-state index in [2.05, 4.69) is 25.5 Å². The number of aromatic nitrogens is 4. The number of carbonyl (C=O) groups is 1. The highest BCUT2D eigenvalue weighted by Crippen LogP contribution is 2.46. The van der Waals surface area contributed by atoms with Crippen LogP contribution in [-0.4, -0.2) is 64.7 Å². The van der Waals surface area contributed by atoms with Crippen LogP contribution in [0.4, 0.5) is 24.7 Å². The molecule has 0 bridgehead atoms. The molecule has 4 heterocycles. The molecular weight excluding hydrogens is 477 g/mol. The van der Waals surface area contributed by atoms with Gasteiger partial charge in [0.05, 0.1) is 30.7 Å². The Hall–Kier alpha value is -3.96. The number of rotatable bonds is 6. The quantitative estimate of drug-likeness (QED) is 0.509. The molecule has 2 aromatic heterocycles. The van der Waals surface area contributed by atoms with Crippen LogP contribution in [0.5, 0.6) is 11.6 Å². The zero-order chi connectivity index (χ0) is 25.6. The first-order valence-corrected chi connectivity index (χ1v) is 11.2. The third-order valence-electron chi connectivity index (χ3n) is 6.61. The molecule has 188 valence electrons. The number of nitrogens with zero attached hydrogens (tertiary/aromatic N) is 5. The van der Waals surface area contributed by atoms with Gasteiger partial charge in [0.25, 0.3) is 6.43 Å². The zero-order valence-electron chi connectivity index (χ0n) is 19.8. The smallest absolute Gasteiger partial charge is 0.263 e. The Morgan fingerprint density at radius 3 is 2.75 bits per heavy atom. The van der Waals surface area contributed by atoms with Gasteiger partial charge in [-0.25, -0.2) is 23.1 Å². The standard InChI is InChI=1S/C24H23F3N6O3/c1-12-18(10-34)29-13(2)22(30-12)36-14-8-24(23(26)27)11-28-21-19(33(24)9-14)7-17(31-32-21)15-5-4-6-16(25)20(15)35-3/h4-7,10,14,23H,8-9,11H2,1-3H3,(H,28,32). The second-order valence-electron chi connectivity index (χ2n) is 8.80. The predicted octanol–water partition coefficient (Wildman–Crippen LogP) is 3.60. The number of methoxy groups -OCH3 is 1. The lowest BCUT2D eigenvalue weighted by Crippen LogP contribution is -2.57. The van der Waals surface area contributed by atoms with E-state index in [0.29, 0.717) is 34.7 Å². The van der Waals surface area contributed by atoms with E-state index in [-0.39, 0.29) is 42.5 Å². The van der Waals surface area contributed by atoms with Gasteiger partial charge in [-0.15, -0.1) is 10.2 Å². The summed E-state index contributed by atoms with van der Waals surface area (Å²) in [5.74, 6) is -0.0511. The molecule has 9 nitrogen and oxygen atoms in total. The lowest BCUT2D eigenvalue weighted by atomic mass is 9.93. The molecule has 1 N–H and O–H groups in total. The van der Waals surface area contributed by atoms with Gasteiger partial charge in [0, 0.05) is 18.5 Å². The van der Waals surface area contributed by atoms with Crippen LogP contribution in [0.25, 0.3) is 11.3 Å². The molecule has 0 radical (unpaired) electrons. The van der Waals surface area contributed by atoms with Crippen molar-refractivity contribution < 1.29 is 27.4 Å². The number of nitrogens with one attached hydrogen (secondary N) is 1. The minimum atomic E-state index is -2.71. The number of benzene rings is 1. The molecule has 1 aromatic carbocycles. The number of anilines is 2. The van der Waals surface area contributed by atoms with Crippen molar-refractivity contribution in [2.24, 2.45) is 0 Å². The van der Waals surface area contributed by atoms with Crippen molar-refractivity contribution in [3.8, 4) is 22.9 Å². The van der Waals surface area contributed by atoms with E-state index in [1.165, 1.54) is 19.2 Å². The molecule has 5 rings (SSSR count). The second-order valence-corrected chi connectivity index (χ2v) is 8.80. The lowest BCUT2D eigenvalue weighted by molar-refractivity contribution is 0.0527. The van der Waals surface area contributed by atoms with Crippen LogP contribution >= 0.6 is 0 Å². The third-order valence-corrected chi connectivity index (χ3v) is 6.61. The summed E-state index contributed by atoms with van der Waals surface area (Å²) in [6.45, 7) is 3.33. The SMILES string of the molecule is COc1c(F)cccc1-c1cc2c(nn1)NCC1(C(F)F)CC(Oc3nc(C)c(C=O)nc3C)CN21. The molecule has 3 aromatic rings. The number of halogens is 3. The first-order chi connectivity index (χ1) is 17.3. The van der Waals surface area contributed by atoms with Gasteiger partial charge in [0.15, 0.2) is 23.7 Å². The first kappa shape index (κ1) is 23.8. The first-order valence-electron chi connectivity index (χ1n) is 11.2. The molecule has 2 aliphatic heterocycles. The molecule has 0 spiro atoms. The van der Waals surface area contributed by atoms with Crippen molar-refractivity contribution in [2.45, 2.75) is 38.3 Å². The van der Waals surface area contributed by atoms with Crippen molar-refractivity contribution in [3.63, 3.8) is 0 Å². The molecule has 1 fully saturated rings. The number of carbonyl (C=O) groups excluding carboxylic acids is 1. The highest BCUT2D eigenvalue weighted by molar-refractivity contribution is 5.78. The maximum absolute atomic E-state index is 14.6. The largest absolute Gasteiger partial charge is 0.493 e. The van der Waals surface area contributed by atoms with Crippen molar-refractivity contribution in [1.82, 2.24) is 20.2 Å². The summed E-state index contributed by atoms with van der Waals surface area (Å²) in [7, 11) is 1.34. The number of ether oxygens (including phenoxy) is 2. The molecule has 12 heteroatoms. The topological polar surface area (TPSA) is 102 Å². The molecule has 1 saturated heterocycles. The lowest BCUT2D eigenvalue weighted by Gasteiger charge is -2.43. The Morgan fingerprint density at radius 1 is 1.22 bits per heavy atom. The number of hydrogen-bond acceptors (Lipinski definition) is 9. The van der Waals surface area contributed by atoms with Gasteiger partial charge >= 0.3 is 0 Å². The normalized spacial score (nSPS) is 20.5. The maximum Gasteiger partial charge on any atom is 0.263 e. The molecule has 0 aliphatic carbocycles. The summed E-state index contributed by atoms with van der Waals surface area (Å²) in [5.41, 5.74) is 0.449. The Balaban J connectivity index is 1.52. The van der Waals surface area contributed by atoms with E-state index in [9.17, 15) is 18.0 Å².